The largest absolute Gasteiger partial charge is 0.573 e. The smallest absolute Gasteiger partial charge is 0.421 e. The molecule has 0 radical (unpaired) electrons. The van der Waals surface area contributed by atoms with Crippen molar-refractivity contribution in [2.75, 3.05) is 11.4 Å². The highest BCUT2D eigenvalue weighted by Crippen LogP contribution is 2.33. The second-order valence-electron chi connectivity index (χ2n) is 7.21. The topological polar surface area (TPSA) is 68.5 Å². The molecule has 0 aliphatic carbocycles. The van der Waals surface area contributed by atoms with Crippen molar-refractivity contribution >= 4 is 11.6 Å². The molecule has 4 rings (SSSR count). The minimum absolute atomic E-state index is 0.0896. The number of nitrogens with zero attached hydrogens (tertiary/aromatic N) is 3. The Balaban J connectivity index is 1.35. The molecular formula is C22H20F3N3O3. The predicted molar refractivity (Wildman–Crippen MR) is 106 cm³/mol. The molecule has 3 aromatic rings. The van der Waals surface area contributed by atoms with E-state index in [0.29, 0.717) is 55.3 Å². The molecule has 1 aliphatic rings. The molecule has 6 nitrogen and oxygen atoms in total. The molecule has 0 spiro atoms. The van der Waals surface area contributed by atoms with E-state index in [1.807, 2.05) is 30.3 Å². The monoisotopic (exact) mass is 431 g/mol. The summed E-state index contributed by atoms with van der Waals surface area (Å²) in [6.45, 7) is 0.532. The Hall–Kier alpha value is -3.36. The van der Waals surface area contributed by atoms with Gasteiger partial charge in [-0.1, -0.05) is 18.2 Å². The lowest BCUT2D eigenvalue weighted by Crippen LogP contribution is -2.35. The van der Waals surface area contributed by atoms with Gasteiger partial charge < -0.3 is 14.1 Å². The van der Waals surface area contributed by atoms with Crippen LogP contribution < -0.4 is 9.64 Å². The highest BCUT2D eigenvalue weighted by molar-refractivity contribution is 5.94. The molecule has 1 aromatic heterocycles. The molecular weight excluding hydrogens is 411 g/mol. The number of carbonyl (C=O) groups excluding carboxylic acids is 1. The van der Waals surface area contributed by atoms with Crippen molar-refractivity contribution < 1.29 is 27.1 Å². The van der Waals surface area contributed by atoms with Crippen LogP contribution in [-0.4, -0.2) is 29.0 Å². The van der Waals surface area contributed by atoms with Crippen LogP contribution in [0.1, 0.15) is 30.7 Å². The SMILES string of the molecule is O=C(CCCc1nnc(-c2ccccc2)o1)N1CCCc2cc(OC(F)(F)F)ccc21. The molecule has 0 bridgehead atoms. The van der Waals surface area contributed by atoms with Crippen molar-refractivity contribution in [3.05, 3.63) is 60.0 Å². The number of hydrogen-bond donors (Lipinski definition) is 0. The van der Waals surface area contributed by atoms with Gasteiger partial charge in [-0.05, 0) is 55.2 Å². The summed E-state index contributed by atoms with van der Waals surface area (Å²) in [5.41, 5.74) is 2.14. The first-order chi connectivity index (χ1) is 14.9. The van der Waals surface area contributed by atoms with E-state index in [4.69, 9.17) is 4.42 Å². The Labute approximate surface area is 176 Å². The third-order valence-corrected chi connectivity index (χ3v) is 4.97. The van der Waals surface area contributed by atoms with Crippen LogP contribution in [0.2, 0.25) is 0 Å². The maximum Gasteiger partial charge on any atom is 0.573 e. The van der Waals surface area contributed by atoms with Gasteiger partial charge >= 0.3 is 6.36 Å². The first-order valence-corrected chi connectivity index (χ1v) is 9.96. The fourth-order valence-corrected chi connectivity index (χ4v) is 3.61. The van der Waals surface area contributed by atoms with Crippen molar-refractivity contribution in [2.45, 2.75) is 38.5 Å². The predicted octanol–water partition coefficient (Wildman–Crippen LogP) is 4.94. The van der Waals surface area contributed by atoms with Crippen LogP contribution >= 0.6 is 0 Å². The van der Waals surface area contributed by atoms with Gasteiger partial charge in [-0.25, -0.2) is 0 Å². The average molecular weight is 431 g/mol. The van der Waals surface area contributed by atoms with E-state index in [0.717, 1.165) is 5.56 Å². The fourth-order valence-electron chi connectivity index (χ4n) is 3.61. The van der Waals surface area contributed by atoms with E-state index in [1.165, 1.54) is 18.2 Å². The van der Waals surface area contributed by atoms with Crippen LogP contribution in [0.3, 0.4) is 0 Å². The van der Waals surface area contributed by atoms with Crippen LogP contribution in [0.5, 0.6) is 5.75 Å². The minimum Gasteiger partial charge on any atom is -0.421 e. The number of alkyl halides is 3. The Morgan fingerprint density at radius 3 is 2.71 bits per heavy atom. The second-order valence-corrected chi connectivity index (χ2v) is 7.21. The normalized spacial score (nSPS) is 13.7. The Morgan fingerprint density at radius 2 is 1.94 bits per heavy atom. The van der Waals surface area contributed by atoms with Gasteiger partial charge in [0.2, 0.25) is 17.7 Å². The number of hydrogen-bond acceptors (Lipinski definition) is 5. The summed E-state index contributed by atoms with van der Waals surface area (Å²) in [7, 11) is 0. The quantitative estimate of drug-likeness (QED) is 0.553. The van der Waals surface area contributed by atoms with E-state index >= 15 is 0 Å². The fraction of sp³-hybridized carbons (Fsp3) is 0.318. The maximum absolute atomic E-state index is 12.7. The molecule has 162 valence electrons. The molecule has 1 aliphatic heterocycles. The first kappa shape index (κ1) is 20.9. The number of benzene rings is 2. The third-order valence-electron chi connectivity index (χ3n) is 4.97. The lowest BCUT2D eigenvalue weighted by atomic mass is 10.0. The molecule has 0 N–H and O–H groups in total. The van der Waals surface area contributed by atoms with Gasteiger partial charge in [0, 0.05) is 30.6 Å². The molecule has 0 saturated carbocycles. The number of amides is 1. The summed E-state index contributed by atoms with van der Waals surface area (Å²) in [6.07, 6.45) is -2.21. The van der Waals surface area contributed by atoms with Crippen LogP contribution in [0.15, 0.2) is 52.9 Å². The van der Waals surface area contributed by atoms with Gasteiger partial charge in [-0.15, -0.1) is 23.4 Å². The van der Waals surface area contributed by atoms with E-state index in [1.54, 1.807) is 4.90 Å². The summed E-state index contributed by atoms with van der Waals surface area (Å²) < 4.78 is 47.0. The molecule has 2 aromatic carbocycles. The number of ether oxygens (including phenoxy) is 1. The van der Waals surface area contributed by atoms with Crippen LogP contribution in [-0.2, 0) is 17.6 Å². The summed E-state index contributed by atoms with van der Waals surface area (Å²) >= 11 is 0. The molecule has 0 fully saturated rings. The number of rotatable bonds is 6. The summed E-state index contributed by atoms with van der Waals surface area (Å²) in [5.74, 6) is 0.530. The number of carbonyl (C=O) groups is 1. The number of aromatic nitrogens is 2. The zero-order valence-electron chi connectivity index (χ0n) is 16.6. The van der Waals surface area contributed by atoms with Gasteiger partial charge in [-0.2, -0.15) is 0 Å². The lowest BCUT2D eigenvalue weighted by molar-refractivity contribution is -0.274. The van der Waals surface area contributed by atoms with Crippen LogP contribution in [0.25, 0.3) is 11.5 Å². The summed E-state index contributed by atoms with van der Waals surface area (Å²) in [4.78, 5) is 14.4. The highest BCUT2D eigenvalue weighted by Gasteiger charge is 2.32. The number of aryl methyl sites for hydroxylation is 2. The first-order valence-electron chi connectivity index (χ1n) is 9.96. The van der Waals surface area contributed by atoms with Crippen molar-refractivity contribution in [3.63, 3.8) is 0 Å². The number of fused-ring (bicyclic) bond motifs is 1. The van der Waals surface area contributed by atoms with Gasteiger partial charge in [-0.3, -0.25) is 4.79 Å². The lowest BCUT2D eigenvalue weighted by Gasteiger charge is -2.30. The Kier molecular flexibility index (Phi) is 5.92. The molecule has 2 heterocycles. The van der Waals surface area contributed by atoms with E-state index < -0.39 is 6.36 Å². The molecule has 0 saturated heterocycles. The van der Waals surface area contributed by atoms with Crippen molar-refractivity contribution in [1.29, 1.82) is 0 Å². The van der Waals surface area contributed by atoms with E-state index in [9.17, 15) is 18.0 Å². The van der Waals surface area contributed by atoms with Crippen molar-refractivity contribution in [1.82, 2.24) is 10.2 Å². The molecule has 1 amide bonds. The van der Waals surface area contributed by atoms with Gasteiger partial charge in [0.25, 0.3) is 0 Å². The average Bonchev–Trinajstić information content (AvgIpc) is 3.21. The molecule has 0 atom stereocenters. The van der Waals surface area contributed by atoms with Gasteiger partial charge in [0.05, 0.1) is 0 Å². The molecule has 31 heavy (non-hydrogen) atoms. The zero-order chi connectivity index (χ0) is 21.8. The summed E-state index contributed by atoms with van der Waals surface area (Å²) in [5, 5.41) is 8.06. The van der Waals surface area contributed by atoms with Gasteiger partial charge in [0.1, 0.15) is 5.75 Å². The Bertz CT molecular complexity index is 1050. The van der Waals surface area contributed by atoms with E-state index in [-0.39, 0.29) is 18.1 Å². The number of halogens is 3. The van der Waals surface area contributed by atoms with Crippen molar-refractivity contribution in [2.24, 2.45) is 0 Å². The highest BCUT2D eigenvalue weighted by atomic mass is 19.4. The standard InChI is InChI=1S/C22H20F3N3O3/c23-22(24,25)31-17-11-12-18-16(14-17)8-5-13-28(18)20(29)10-4-9-19-26-27-21(30-19)15-6-2-1-3-7-15/h1-3,6-7,11-12,14H,4-5,8-10,13H2. The zero-order valence-corrected chi connectivity index (χ0v) is 16.6. The van der Waals surface area contributed by atoms with E-state index in [2.05, 4.69) is 14.9 Å². The minimum atomic E-state index is -4.74. The van der Waals surface area contributed by atoms with Crippen LogP contribution in [0.4, 0.5) is 18.9 Å². The Morgan fingerprint density at radius 1 is 1.13 bits per heavy atom. The van der Waals surface area contributed by atoms with Gasteiger partial charge in [0.15, 0.2) is 0 Å². The molecule has 0 unspecified atom stereocenters. The number of anilines is 1. The second kappa shape index (κ2) is 8.79. The molecule has 9 heteroatoms. The van der Waals surface area contributed by atoms with Crippen LogP contribution in [0, 0.1) is 0 Å². The third kappa shape index (κ3) is 5.22. The maximum atomic E-state index is 12.7. The van der Waals surface area contributed by atoms with Crippen molar-refractivity contribution in [3.8, 4) is 17.2 Å². The summed E-state index contributed by atoms with van der Waals surface area (Å²) in [6, 6.07) is 13.5.